The normalized spacial score (nSPS) is 20.8. The SMILES string of the molecule is NC(=O)c1ccccc1[CH]CCN1CC2CN(C(=O)c3c(N)cccc3C(F)(F)F)C[C@@H]2C1. The maximum atomic E-state index is 13.4. The highest BCUT2D eigenvalue weighted by atomic mass is 19.4. The molecule has 175 valence electrons. The third-order valence-corrected chi connectivity index (χ3v) is 6.50. The van der Waals surface area contributed by atoms with E-state index >= 15 is 0 Å². The van der Waals surface area contributed by atoms with Crippen molar-refractivity contribution in [3.63, 3.8) is 0 Å². The minimum Gasteiger partial charge on any atom is -0.398 e. The van der Waals surface area contributed by atoms with E-state index in [0.29, 0.717) is 18.7 Å². The number of halogens is 3. The number of anilines is 1. The number of hydrogen-bond donors (Lipinski definition) is 2. The third kappa shape index (κ3) is 4.83. The smallest absolute Gasteiger partial charge is 0.398 e. The molecule has 1 unspecified atom stereocenters. The maximum absolute atomic E-state index is 13.4. The summed E-state index contributed by atoms with van der Waals surface area (Å²) in [7, 11) is 0. The molecule has 2 aromatic carbocycles. The van der Waals surface area contributed by atoms with E-state index in [2.05, 4.69) is 4.90 Å². The standard InChI is InChI=1S/C24H26F3N4O2/c25-24(26,27)19-8-3-9-20(28)21(19)23(33)31-13-16-11-30(12-17(16)14-31)10-4-6-15-5-1-2-7-18(15)22(29)32/h1-3,5-9,16-17H,4,10-14,28H2,(H2,29,32)/t16-,17?/m0/s1. The van der Waals surface area contributed by atoms with Crippen molar-refractivity contribution in [3.05, 3.63) is 71.1 Å². The Hall–Kier alpha value is -3.07. The average molecular weight is 459 g/mol. The van der Waals surface area contributed by atoms with Gasteiger partial charge in [-0.15, -0.1) is 0 Å². The first kappa shape index (κ1) is 23.1. The molecule has 2 aliphatic rings. The first-order valence-corrected chi connectivity index (χ1v) is 10.8. The van der Waals surface area contributed by atoms with Gasteiger partial charge in [0.2, 0.25) is 5.91 Å². The van der Waals surface area contributed by atoms with E-state index in [1.54, 1.807) is 12.1 Å². The molecule has 1 radical (unpaired) electrons. The highest BCUT2D eigenvalue weighted by Gasteiger charge is 2.44. The van der Waals surface area contributed by atoms with Gasteiger partial charge in [-0.05, 0) is 55.0 Å². The number of hydrogen-bond acceptors (Lipinski definition) is 4. The van der Waals surface area contributed by atoms with Crippen LogP contribution in [0.1, 0.15) is 38.3 Å². The van der Waals surface area contributed by atoms with E-state index < -0.39 is 29.1 Å². The Labute approximate surface area is 190 Å². The van der Waals surface area contributed by atoms with E-state index in [0.717, 1.165) is 37.7 Å². The second-order valence-electron chi connectivity index (χ2n) is 8.70. The van der Waals surface area contributed by atoms with Crippen molar-refractivity contribution in [2.75, 3.05) is 38.5 Å². The Morgan fingerprint density at radius 1 is 1.00 bits per heavy atom. The number of amides is 2. The highest BCUT2D eigenvalue weighted by Crippen LogP contribution is 2.37. The average Bonchev–Trinajstić information content (AvgIpc) is 3.31. The highest BCUT2D eigenvalue weighted by molar-refractivity contribution is 6.01. The zero-order valence-corrected chi connectivity index (χ0v) is 18.0. The van der Waals surface area contributed by atoms with Crippen LogP contribution < -0.4 is 11.5 Å². The van der Waals surface area contributed by atoms with Crippen LogP contribution in [0.3, 0.4) is 0 Å². The summed E-state index contributed by atoms with van der Waals surface area (Å²) in [5.41, 5.74) is 10.9. The number of carbonyl (C=O) groups excluding carboxylic acids is 2. The van der Waals surface area contributed by atoms with Crippen molar-refractivity contribution >= 4 is 17.5 Å². The van der Waals surface area contributed by atoms with Crippen LogP contribution in [-0.4, -0.2) is 54.3 Å². The predicted octanol–water partition coefficient (Wildman–Crippen LogP) is 3.03. The Bertz CT molecular complexity index is 1040. The van der Waals surface area contributed by atoms with Crippen molar-refractivity contribution in [3.8, 4) is 0 Å². The Balaban J connectivity index is 1.33. The quantitative estimate of drug-likeness (QED) is 0.650. The molecule has 0 spiro atoms. The van der Waals surface area contributed by atoms with Gasteiger partial charge >= 0.3 is 6.18 Å². The molecule has 2 aromatic rings. The number of nitrogen functional groups attached to an aromatic ring is 1. The van der Waals surface area contributed by atoms with Gasteiger partial charge < -0.3 is 21.3 Å². The molecule has 2 aliphatic heterocycles. The maximum Gasteiger partial charge on any atom is 0.417 e. The lowest BCUT2D eigenvalue weighted by atomic mass is 10.0. The minimum atomic E-state index is -4.64. The van der Waals surface area contributed by atoms with Gasteiger partial charge in [-0.1, -0.05) is 24.3 Å². The first-order valence-electron chi connectivity index (χ1n) is 10.8. The van der Waals surface area contributed by atoms with E-state index in [4.69, 9.17) is 11.5 Å². The molecule has 4 rings (SSSR count). The van der Waals surface area contributed by atoms with Crippen LogP contribution in [0.4, 0.5) is 18.9 Å². The molecule has 6 nitrogen and oxygen atoms in total. The van der Waals surface area contributed by atoms with Gasteiger partial charge in [-0.25, -0.2) is 0 Å². The van der Waals surface area contributed by atoms with E-state index in [1.807, 2.05) is 18.6 Å². The van der Waals surface area contributed by atoms with Crippen LogP contribution in [0.2, 0.25) is 0 Å². The van der Waals surface area contributed by atoms with Crippen molar-refractivity contribution in [1.82, 2.24) is 9.80 Å². The number of benzene rings is 2. The summed E-state index contributed by atoms with van der Waals surface area (Å²) < 4.78 is 40.2. The van der Waals surface area contributed by atoms with Gasteiger partial charge in [-0.2, -0.15) is 13.2 Å². The molecule has 0 bridgehead atoms. The molecule has 2 fully saturated rings. The van der Waals surface area contributed by atoms with Crippen LogP contribution in [0.15, 0.2) is 42.5 Å². The first-order chi connectivity index (χ1) is 15.6. The van der Waals surface area contributed by atoms with Crippen molar-refractivity contribution in [1.29, 1.82) is 0 Å². The topological polar surface area (TPSA) is 92.7 Å². The minimum absolute atomic E-state index is 0.153. The predicted molar refractivity (Wildman–Crippen MR) is 118 cm³/mol. The summed E-state index contributed by atoms with van der Waals surface area (Å²) in [6.45, 7) is 3.17. The summed E-state index contributed by atoms with van der Waals surface area (Å²) in [4.78, 5) is 28.3. The molecule has 9 heteroatoms. The van der Waals surface area contributed by atoms with Gasteiger partial charge in [0.15, 0.2) is 0 Å². The van der Waals surface area contributed by atoms with Gasteiger partial charge in [0, 0.05) is 37.4 Å². The number of rotatable bonds is 6. The number of likely N-dealkylation sites (tertiary alicyclic amines) is 2. The Morgan fingerprint density at radius 3 is 2.30 bits per heavy atom. The number of nitrogens with two attached hydrogens (primary N) is 2. The summed E-state index contributed by atoms with van der Waals surface area (Å²) in [5, 5.41) is 0. The molecule has 4 N–H and O–H groups in total. The fraction of sp³-hybridized carbons (Fsp3) is 0.375. The number of alkyl halides is 3. The fourth-order valence-corrected chi connectivity index (χ4v) is 4.94. The zero-order valence-electron chi connectivity index (χ0n) is 18.0. The van der Waals surface area contributed by atoms with E-state index in [-0.39, 0.29) is 17.5 Å². The number of carbonyl (C=O) groups is 2. The second kappa shape index (κ2) is 9.05. The number of fused-ring (bicyclic) bond motifs is 1. The molecular formula is C24H26F3N4O2. The van der Waals surface area contributed by atoms with Gasteiger partial charge in [0.05, 0.1) is 11.1 Å². The molecule has 2 atom stereocenters. The molecule has 0 aromatic heterocycles. The molecule has 0 aliphatic carbocycles. The van der Waals surface area contributed by atoms with Crippen molar-refractivity contribution in [2.45, 2.75) is 12.6 Å². The van der Waals surface area contributed by atoms with Crippen LogP contribution in [-0.2, 0) is 6.18 Å². The van der Waals surface area contributed by atoms with Gasteiger partial charge in [0.1, 0.15) is 0 Å². The molecular weight excluding hydrogens is 433 g/mol. The van der Waals surface area contributed by atoms with Gasteiger partial charge in [-0.3, -0.25) is 9.59 Å². The lowest BCUT2D eigenvalue weighted by Gasteiger charge is -2.23. The molecule has 33 heavy (non-hydrogen) atoms. The largest absolute Gasteiger partial charge is 0.417 e. The monoisotopic (exact) mass is 459 g/mol. The lowest BCUT2D eigenvalue weighted by Crippen LogP contribution is -2.35. The summed E-state index contributed by atoms with van der Waals surface area (Å²) in [6, 6.07) is 10.6. The molecule has 2 heterocycles. The lowest BCUT2D eigenvalue weighted by molar-refractivity contribution is -0.138. The van der Waals surface area contributed by atoms with Crippen LogP contribution >= 0.6 is 0 Å². The molecule has 2 amide bonds. The number of nitrogens with zero attached hydrogens (tertiary/aromatic N) is 2. The zero-order chi connectivity index (χ0) is 23.8. The fourth-order valence-electron chi connectivity index (χ4n) is 4.94. The Morgan fingerprint density at radius 2 is 1.67 bits per heavy atom. The molecule has 2 saturated heterocycles. The van der Waals surface area contributed by atoms with E-state index in [1.165, 1.54) is 17.0 Å². The number of primary amides is 1. The van der Waals surface area contributed by atoms with Gasteiger partial charge in [0.25, 0.3) is 5.91 Å². The van der Waals surface area contributed by atoms with E-state index in [9.17, 15) is 22.8 Å². The second-order valence-corrected chi connectivity index (χ2v) is 8.70. The summed E-state index contributed by atoms with van der Waals surface area (Å²) >= 11 is 0. The Kier molecular flexibility index (Phi) is 6.34. The third-order valence-electron chi connectivity index (χ3n) is 6.50. The van der Waals surface area contributed by atoms with Crippen molar-refractivity contribution < 1.29 is 22.8 Å². The van der Waals surface area contributed by atoms with Crippen molar-refractivity contribution in [2.24, 2.45) is 17.6 Å². The van der Waals surface area contributed by atoms with Crippen LogP contribution in [0.5, 0.6) is 0 Å². The summed E-state index contributed by atoms with van der Waals surface area (Å²) in [6.07, 6.45) is -1.92. The van der Waals surface area contributed by atoms with Crippen LogP contribution in [0, 0.1) is 18.3 Å². The van der Waals surface area contributed by atoms with Crippen LogP contribution in [0.25, 0.3) is 0 Å². The molecule has 0 saturated carbocycles. The summed E-state index contributed by atoms with van der Waals surface area (Å²) in [5.74, 6) is -0.690.